The van der Waals surface area contributed by atoms with E-state index in [1.165, 1.54) is 27.4 Å². The molecule has 1 aliphatic carbocycles. The molecular weight excluding hydrogens is 665 g/mol. The highest BCUT2D eigenvalue weighted by molar-refractivity contribution is 7.21. The van der Waals surface area contributed by atoms with Gasteiger partial charge in [-0.2, -0.15) is 0 Å². The van der Waals surface area contributed by atoms with Crippen LogP contribution in [0.2, 0.25) is 5.04 Å². The van der Waals surface area contributed by atoms with Gasteiger partial charge in [0.2, 0.25) is 0 Å². The maximum atomic E-state index is 12.8. The van der Waals surface area contributed by atoms with Crippen molar-refractivity contribution in [2.45, 2.75) is 70.4 Å². The van der Waals surface area contributed by atoms with E-state index in [1.807, 2.05) is 13.1 Å². The molecule has 1 amide bonds. The van der Waals surface area contributed by atoms with E-state index in [4.69, 9.17) is 14.4 Å². The summed E-state index contributed by atoms with van der Waals surface area (Å²) in [5.41, 5.74) is 4.94. The largest absolute Gasteiger partial charge is 0.407 e. The zero-order valence-corrected chi connectivity index (χ0v) is 31.7. The third-order valence-corrected chi connectivity index (χ3v) is 17.1. The summed E-state index contributed by atoms with van der Waals surface area (Å²) in [5, 5.41) is 11.4. The van der Waals surface area contributed by atoms with Gasteiger partial charge in [0.25, 0.3) is 14.2 Å². The van der Waals surface area contributed by atoms with Gasteiger partial charge >= 0.3 is 0 Å². The molecule has 1 fully saturated rings. The fourth-order valence-corrected chi connectivity index (χ4v) is 14.1. The van der Waals surface area contributed by atoms with Gasteiger partial charge in [0.1, 0.15) is 4.88 Å². The minimum Gasteiger partial charge on any atom is -0.407 e. The summed E-state index contributed by atoms with van der Waals surface area (Å²) in [4.78, 5) is 23.6. The molecule has 2 N–H and O–H groups in total. The molecule has 1 atom stereocenters. The second-order valence-corrected chi connectivity index (χ2v) is 20.8. The van der Waals surface area contributed by atoms with Gasteiger partial charge in [-0.3, -0.25) is 9.78 Å². The average Bonchev–Trinajstić information content (AvgIpc) is 3.47. The van der Waals surface area contributed by atoms with Crippen LogP contribution in [0.15, 0.2) is 103 Å². The molecule has 4 heterocycles. The van der Waals surface area contributed by atoms with Crippen LogP contribution in [0, 0.1) is 5.92 Å². The van der Waals surface area contributed by atoms with E-state index in [0.717, 1.165) is 75.1 Å². The van der Waals surface area contributed by atoms with E-state index >= 15 is 0 Å². The summed E-state index contributed by atoms with van der Waals surface area (Å²) < 4.78 is 8.39. The zero-order chi connectivity index (χ0) is 35.2. The molecule has 8 heteroatoms. The third kappa shape index (κ3) is 6.28. The lowest BCUT2D eigenvalue weighted by Gasteiger charge is -2.44. The van der Waals surface area contributed by atoms with Crippen LogP contribution in [0.5, 0.6) is 0 Å². The normalized spacial score (nSPS) is 19.7. The predicted molar refractivity (Wildman–Crippen MR) is 214 cm³/mol. The Labute approximate surface area is 305 Å². The minimum atomic E-state index is -2.53. The predicted octanol–water partition coefficient (Wildman–Crippen LogP) is 8.91. The van der Waals surface area contributed by atoms with Gasteiger partial charge in [-0.05, 0) is 90.3 Å². The van der Waals surface area contributed by atoms with Crippen molar-refractivity contribution in [2.75, 3.05) is 18.5 Å². The maximum Gasteiger partial charge on any atom is 0.263 e. The molecule has 2 aliphatic rings. The van der Waals surface area contributed by atoms with Crippen molar-refractivity contribution >= 4 is 62.6 Å². The molecule has 8 rings (SSSR count). The second kappa shape index (κ2) is 13.6. The Morgan fingerprint density at radius 1 is 0.863 bits per heavy atom. The molecule has 1 aliphatic heterocycles. The number of thiophene rings is 1. The first-order valence-corrected chi connectivity index (χ1v) is 21.1. The Hall–Kier alpha value is -4.37. The summed E-state index contributed by atoms with van der Waals surface area (Å²) in [6.45, 7) is 10.6. The van der Waals surface area contributed by atoms with E-state index in [0.29, 0.717) is 18.4 Å². The summed E-state index contributed by atoms with van der Waals surface area (Å²) in [5.74, 6) is 0.994. The molecule has 0 saturated heterocycles. The van der Waals surface area contributed by atoms with Crippen LogP contribution in [0.25, 0.3) is 32.2 Å². The van der Waals surface area contributed by atoms with Gasteiger partial charge in [0, 0.05) is 58.0 Å². The van der Waals surface area contributed by atoms with E-state index in [-0.39, 0.29) is 17.0 Å². The first kappa shape index (κ1) is 33.8. The summed E-state index contributed by atoms with van der Waals surface area (Å²) >= 11 is 1.54. The standard InChI is InChI=1S/C43H46N4O2SSi/c1-28-25-45-40-39-34-20-22-36(47-37(34)23-24-38(39)50-41(40)42(48)46-28)31-19-21-35(44-26-31)30-17-15-29(16-18-30)27-49-51(43(2,3)4,32-11-7-5-8-12-32)33-13-9-6-10-14-33/h5-14,19-24,26,28-30,45H,15-18,25,27H2,1-4H3,(H,46,48)/t28-,29-,30-/m1/s1. The Balaban J connectivity index is 0.962. The summed E-state index contributed by atoms with van der Waals surface area (Å²) in [7, 11) is -2.53. The van der Waals surface area contributed by atoms with Crippen LogP contribution >= 0.6 is 11.3 Å². The van der Waals surface area contributed by atoms with Crippen LogP contribution < -0.4 is 21.0 Å². The molecule has 6 nitrogen and oxygen atoms in total. The number of carbonyl (C=O) groups is 1. The van der Waals surface area contributed by atoms with Crippen molar-refractivity contribution in [1.29, 1.82) is 0 Å². The number of hydrogen-bond acceptors (Lipinski definition) is 6. The Morgan fingerprint density at radius 2 is 1.57 bits per heavy atom. The number of hydrogen-bond donors (Lipinski definition) is 2. The van der Waals surface area contributed by atoms with Crippen molar-refractivity contribution in [1.82, 2.24) is 15.3 Å². The molecule has 3 aromatic heterocycles. The lowest BCUT2D eigenvalue weighted by Crippen LogP contribution is -2.66. The van der Waals surface area contributed by atoms with Gasteiger partial charge in [0.15, 0.2) is 0 Å². The van der Waals surface area contributed by atoms with Crippen molar-refractivity contribution in [3.05, 3.63) is 114 Å². The Kier molecular flexibility index (Phi) is 9.03. The molecule has 0 spiro atoms. The van der Waals surface area contributed by atoms with E-state index in [9.17, 15) is 4.79 Å². The number of fused-ring (bicyclic) bond motifs is 5. The first-order valence-electron chi connectivity index (χ1n) is 18.3. The molecule has 51 heavy (non-hydrogen) atoms. The number of amides is 1. The molecule has 0 unspecified atom stereocenters. The SMILES string of the molecule is C[C@@H]1CNc2c(sc3ccc4nc(-c5ccc([C@H]6CC[C@H](CO[Si](c7ccccc7)(c7ccccc7)C(C)(C)C)CC6)nc5)ccc4c23)C(=O)N1. The van der Waals surface area contributed by atoms with Crippen LogP contribution in [-0.2, 0) is 4.43 Å². The van der Waals surface area contributed by atoms with Gasteiger partial charge in [-0.1, -0.05) is 81.4 Å². The molecular formula is C43H46N4O2SSi. The van der Waals surface area contributed by atoms with E-state index < -0.39 is 8.32 Å². The number of anilines is 1. The number of benzene rings is 3. The first-order chi connectivity index (χ1) is 24.7. The number of aromatic nitrogens is 2. The maximum absolute atomic E-state index is 12.8. The summed E-state index contributed by atoms with van der Waals surface area (Å²) in [6.07, 6.45) is 6.54. The highest BCUT2D eigenvalue weighted by Gasteiger charge is 2.50. The monoisotopic (exact) mass is 710 g/mol. The second-order valence-electron chi connectivity index (χ2n) is 15.4. The smallest absolute Gasteiger partial charge is 0.263 e. The van der Waals surface area contributed by atoms with Crippen LogP contribution in [0.1, 0.15) is 74.7 Å². The van der Waals surface area contributed by atoms with Crippen molar-refractivity contribution in [3.8, 4) is 11.3 Å². The molecule has 0 radical (unpaired) electrons. The average molecular weight is 711 g/mol. The van der Waals surface area contributed by atoms with E-state index in [2.05, 4.69) is 128 Å². The molecule has 260 valence electrons. The highest BCUT2D eigenvalue weighted by atomic mass is 32.1. The highest BCUT2D eigenvalue weighted by Crippen LogP contribution is 2.42. The Bertz CT molecular complexity index is 2130. The number of pyridine rings is 2. The number of carbonyl (C=O) groups excluding carboxylic acids is 1. The molecule has 3 aromatic carbocycles. The number of nitrogens with one attached hydrogen (secondary N) is 2. The lowest BCUT2D eigenvalue weighted by atomic mass is 9.80. The fourth-order valence-electron chi connectivity index (χ4n) is 8.31. The lowest BCUT2D eigenvalue weighted by molar-refractivity contribution is 0.0949. The molecule has 6 aromatic rings. The van der Waals surface area contributed by atoms with Gasteiger partial charge in [-0.15, -0.1) is 11.3 Å². The minimum absolute atomic E-state index is 0.00948. The quantitative estimate of drug-likeness (QED) is 0.162. The third-order valence-electron chi connectivity index (χ3n) is 11.0. The van der Waals surface area contributed by atoms with Crippen molar-refractivity contribution in [3.63, 3.8) is 0 Å². The van der Waals surface area contributed by atoms with Crippen LogP contribution in [-0.4, -0.2) is 43.4 Å². The van der Waals surface area contributed by atoms with Gasteiger partial charge in [-0.25, -0.2) is 4.98 Å². The summed E-state index contributed by atoms with van der Waals surface area (Å²) in [6, 6.07) is 34.8. The Morgan fingerprint density at radius 3 is 2.22 bits per heavy atom. The van der Waals surface area contributed by atoms with Crippen molar-refractivity contribution in [2.24, 2.45) is 5.92 Å². The van der Waals surface area contributed by atoms with Gasteiger partial charge < -0.3 is 15.1 Å². The topological polar surface area (TPSA) is 76.1 Å². The molecule has 1 saturated carbocycles. The fraction of sp³-hybridized carbons (Fsp3) is 0.326. The van der Waals surface area contributed by atoms with Gasteiger partial charge in [0.05, 0.1) is 16.9 Å². The van der Waals surface area contributed by atoms with E-state index in [1.54, 1.807) is 0 Å². The van der Waals surface area contributed by atoms with Crippen molar-refractivity contribution < 1.29 is 9.22 Å². The number of nitrogens with zero attached hydrogens (tertiary/aromatic N) is 2. The number of rotatable bonds is 7. The zero-order valence-electron chi connectivity index (χ0n) is 29.9. The molecule has 0 bridgehead atoms. The van der Waals surface area contributed by atoms with Crippen LogP contribution in [0.3, 0.4) is 0 Å². The van der Waals surface area contributed by atoms with Crippen LogP contribution in [0.4, 0.5) is 5.69 Å².